The van der Waals surface area contributed by atoms with Crippen LogP contribution in [0.15, 0.2) is 36.9 Å². The van der Waals surface area contributed by atoms with Crippen LogP contribution in [0.2, 0.25) is 0 Å². The summed E-state index contributed by atoms with van der Waals surface area (Å²) in [6, 6.07) is 7.39. The van der Waals surface area contributed by atoms with Gasteiger partial charge in [0.25, 0.3) is 5.91 Å². The van der Waals surface area contributed by atoms with E-state index < -0.39 is 6.10 Å². The van der Waals surface area contributed by atoms with E-state index in [2.05, 4.69) is 6.58 Å². The molecule has 1 amide bonds. The Kier molecular flexibility index (Phi) is 6.09. The zero-order chi connectivity index (χ0) is 14.3. The molecule has 0 radical (unpaired) electrons. The van der Waals surface area contributed by atoms with Gasteiger partial charge in [-0.1, -0.05) is 18.2 Å². The number of carbonyl (C=O) groups excluding carboxylic acids is 1. The molecule has 1 atom stereocenters. The van der Waals surface area contributed by atoms with Gasteiger partial charge in [-0.15, -0.1) is 6.58 Å². The van der Waals surface area contributed by atoms with Gasteiger partial charge in [-0.25, -0.2) is 0 Å². The summed E-state index contributed by atoms with van der Waals surface area (Å²) in [5, 5.41) is 0. The van der Waals surface area contributed by atoms with Crippen molar-refractivity contribution in [1.29, 1.82) is 0 Å². The lowest BCUT2D eigenvalue weighted by molar-refractivity contribution is -0.128. The Labute approximate surface area is 114 Å². The molecule has 4 nitrogen and oxygen atoms in total. The highest BCUT2D eigenvalue weighted by Gasteiger charge is 2.21. The number of methoxy groups -OCH3 is 1. The van der Waals surface area contributed by atoms with E-state index in [-0.39, 0.29) is 5.91 Å². The van der Waals surface area contributed by atoms with E-state index in [0.717, 1.165) is 12.1 Å². The van der Waals surface area contributed by atoms with E-state index in [9.17, 15) is 4.79 Å². The fraction of sp³-hybridized carbons (Fsp3) is 0.400. The van der Waals surface area contributed by atoms with Crippen molar-refractivity contribution < 1.29 is 14.3 Å². The average molecular weight is 263 g/mol. The molecular formula is C15H21NO3. The maximum atomic E-state index is 12.2. The van der Waals surface area contributed by atoms with Crippen molar-refractivity contribution in [2.45, 2.75) is 19.4 Å². The molecular weight excluding hydrogens is 242 g/mol. The fourth-order valence-electron chi connectivity index (χ4n) is 1.70. The van der Waals surface area contributed by atoms with Gasteiger partial charge < -0.3 is 14.4 Å². The van der Waals surface area contributed by atoms with Gasteiger partial charge in [-0.3, -0.25) is 4.79 Å². The fourth-order valence-corrected chi connectivity index (χ4v) is 1.70. The van der Waals surface area contributed by atoms with Gasteiger partial charge in [0, 0.05) is 7.05 Å². The number of amides is 1. The van der Waals surface area contributed by atoms with Crippen molar-refractivity contribution in [1.82, 2.24) is 0 Å². The van der Waals surface area contributed by atoms with Crippen molar-refractivity contribution in [2.75, 3.05) is 25.7 Å². The molecule has 1 unspecified atom stereocenters. The van der Waals surface area contributed by atoms with Crippen LogP contribution in [0.25, 0.3) is 0 Å². The molecule has 0 aliphatic carbocycles. The molecule has 0 saturated carbocycles. The minimum Gasteiger partial charge on any atom is -0.495 e. The molecule has 0 N–H and O–H groups in total. The predicted octanol–water partition coefficient (Wildman–Crippen LogP) is 2.64. The van der Waals surface area contributed by atoms with Crippen LogP contribution >= 0.6 is 0 Å². The highest BCUT2D eigenvalue weighted by Crippen LogP contribution is 2.27. The summed E-state index contributed by atoms with van der Waals surface area (Å²) in [5.74, 6) is 0.560. The van der Waals surface area contributed by atoms with E-state index in [1.165, 1.54) is 0 Å². The van der Waals surface area contributed by atoms with E-state index >= 15 is 0 Å². The van der Waals surface area contributed by atoms with Crippen molar-refractivity contribution in [2.24, 2.45) is 0 Å². The smallest absolute Gasteiger partial charge is 0.255 e. The summed E-state index contributed by atoms with van der Waals surface area (Å²) in [5.41, 5.74) is 0.731. The maximum Gasteiger partial charge on any atom is 0.255 e. The first-order valence-electron chi connectivity index (χ1n) is 6.25. The molecule has 104 valence electrons. The first kappa shape index (κ1) is 15.2. The molecule has 0 aliphatic rings. The Balaban J connectivity index is 2.72. The maximum absolute atomic E-state index is 12.2. The van der Waals surface area contributed by atoms with Gasteiger partial charge in [0.2, 0.25) is 0 Å². The first-order valence-corrected chi connectivity index (χ1v) is 6.25. The highest BCUT2D eigenvalue weighted by molar-refractivity contribution is 5.97. The van der Waals surface area contributed by atoms with Crippen LogP contribution in [0.4, 0.5) is 5.69 Å². The van der Waals surface area contributed by atoms with E-state index in [1.54, 1.807) is 32.1 Å². The van der Waals surface area contributed by atoms with Gasteiger partial charge in [0.1, 0.15) is 11.9 Å². The Morgan fingerprint density at radius 2 is 2.16 bits per heavy atom. The number of nitrogens with zero attached hydrogens (tertiary/aromatic N) is 1. The van der Waals surface area contributed by atoms with E-state index in [0.29, 0.717) is 12.4 Å². The third-order valence-electron chi connectivity index (χ3n) is 2.81. The van der Waals surface area contributed by atoms with Crippen molar-refractivity contribution in [3.63, 3.8) is 0 Å². The van der Waals surface area contributed by atoms with Gasteiger partial charge >= 0.3 is 0 Å². The Bertz CT molecular complexity index is 431. The number of ether oxygens (including phenoxy) is 2. The summed E-state index contributed by atoms with van der Waals surface area (Å²) < 4.78 is 10.7. The number of rotatable bonds is 7. The molecule has 0 aromatic heterocycles. The topological polar surface area (TPSA) is 38.8 Å². The van der Waals surface area contributed by atoms with E-state index in [1.807, 2.05) is 24.3 Å². The lowest BCUT2D eigenvalue weighted by Gasteiger charge is -2.23. The molecule has 0 spiro atoms. The zero-order valence-electron chi connectivity index (χ0n) is 11.8. The highest BCUT2D eigenvalue weighted by atomic mass is 16.5. The lowest BCUT2D eigenvalue weighted by Crippen LogP contribution is -2.36. The van der Waals surface area contributed by atoms with Gasteiger partial charge in [-0.05, 0) is 25.5 Å². The first-order chi connectivity index (χ1) is 9.11. The Hall–Kier alpha value is -1.81. The Morgan fingerprint density at radius 1 is 1.47 bits per heavy atom. The quantitative estimate of drug-likeness (QED) is 0.561. The van der Waals surface area contributed by atoms with Crippen molar-refractivity contribution in [3.05, 3.63) is 36.9 Å². The lowest BCUT2D eigenvalue weighted by atomic mass is 10.2. The van der Waals surface area contributed by atoms with Crippen molar-refractivity contribution in [3.8, 4) is 5.75 Å². The van der Waals surface area contributed by atoms with Crippen LogP contribution in [0.5, 0.6) is 5.75 Å². The molecule has 0 bridgehead atoms. The number of hydrogen-bond donors (Lipinski definition) is 0. The number of likely N-dealkylation sites (N-methyl/N-ethyl adjacent to an activating group) is 1. The summed E-state index contributed by atoms with van der Waals surface area (Å²) in [6.07, 6.45) is 2.01. The SMILES string of the molecule is C=CCCOC(C)C(=O)N(C)c1ccccc1OC. The standard InChI is InChI=1S/C15H21NO3/c1-5-6-11-19-12(2)15(17)16(3)13-9-7-8-10-14(13)18-4/h5,7-10,12H,1,6,11H2,2-4H3. The van der Waals surface area contributed by atoms with E-state index in [4.69, 9.17) is 9.47 Å². The second-order valence-corrected chi connectivity index (χ2v) is 4.16. The van der Waals surface area contributed by atoms with Gasteiger partial charge in [0.05, 0.1) is 19.4 Å². The second-order valence-electron chi connectivity index (χ2n) is 4.16. The zero-order valence-corrected chi connectivity index (χ0v) is 11.8. The number of hydrogen-bond acceptors (Lipinski definition) is 3. The number of anilines is 1. The molecule has 4 heteroatoms. The molecule has 1 rings (SSSR count). The van der Waals surface area contributed by atoms with Crippen LogP contribution in [0.3, 0.4) is 0 Å². The van der Waals surface area contributed by atoms with Crippen LogP contribution in [-0.2, 0) is 9.53 Å². The van der Waals surface area contributed by atoms with Crippen LogP contribution in [0, 0.1) is 0 Å². The second kappa shape index (κ2) is 7.59. The van der Waals surface area contributed by atoms with Gasteiger partial charge in [-0.2, -0.15) is 0 Å². The monoisotopic (exact) mass is 263 g/mol. The molecule has 0 fully saturated rings. The molecule has 19 heavy (non-hydrogen) atoms. The van der Waals surface area contributed by atoms with Crippen LogP contribution in [0.1, 0.15) is 13.3 Å². The largest absolute Gasteiger partial charge is 0.495 e. The molecule has 0 aliphatic heterocycles. The molecule has 0 saturated heterocycles. The third-order valence-corrected chi connectivity index (χ3v) is 2.81. The summed E-state index contributed by atoms with van der Waals surface area (Å²) in [7, 11) is 3.30. The number of carbonyl (C=O) groups is 1. The summed E-state index contributed by atoms with van der Waals surface area (Å²) in [4.78, 5) is 13.8. The third kappa shape index (κ3) is 4.10. The van der Waals surface area contributed by atoms with Crippen LogP contribution < -0.4 is 9.64 Å². The number of benzene rings is 1. The predicted molar refractivity (Wildman–Crippen MR) is 76.6 cm³/mol. The van der Waals surface area contributed by atoms with Crippen molar-refractivity contribution >= 4 is 11.6 Å². The molecule has 1 aromatic carbocycles. The van der Waals surface area contributed by atoms with Crippen LogP contribution in [-0.4, -0.2) is 32.8 Å². The average Bonchev–Trinajstić information content (AvgIpc) is 2.45. The normalized spacial score (nSPS) is 11.7. The molecule has 1 aromatic rings. The summed E-state index contributed by atoms with van der Waals surface area (Å²) >= 11 is 0. The number of para-hydroxylation sites is 2. The molecule has 0 heterocycles. The van der Waals surface area contributed by atoms with Gasteiger partial charge in [0.15, 0.2) is 0 Å². The summed E-state index contributed by atoms with van der Waals surface area (Å²) in [6.45, 7) is 5.86. The minimum atomic E-state index is -0.491. The minimum absolute atomic E-state index is 0.103. The Morgan fingerprint density at radius 3 is 2.79 bits per heavy atom.